The molecule has 0 bridgehead atoms. The SMILES string of the molecule is C=C(CBr)c1ccccc1N1CCOCC1. The monoisotopic (exact) mass is 281 g/mol. The van der Waals surface area contributed by atoms with Crippen LogP contribution >= 0.6 is 15.9 Å². The predicted molar refractivity (Wildman–Crippen MR) is 72.3 cm³/mol. The average Bonchev–Trinajstić information content (AvgIpc) is 2.39. The van der Waals surface area contributed by atoms with Gasteiger partial charge in [-0.1, -0.05) is 40.7 Å². The van der Waals surface area contributed by atoms with E-state index in [9.17, 15) is 0 Å². The number of anilines is 1. The van der Waals surface area contributed by atoms with Crippen LogP contribution in [0.15, 0.2) is 30.8 Å². The maximum Gasteiger partial charge on any atom is 0.0642 e. The van der Waals surface area contributed by atoms with Gasteiger partial charge in [-0.3, -0.25) is 0 Å². The molecule has 0 N–H and O–H groups in total. The van der Waals surface area contributed by atoms with Crippen molar-refractivity contribution in [2.24, 2.45) is 0 Å². The lowest BCUT2D eigenvalue weighted by atomic mass is 10.1. The summed E-state index contributed by atoms with van der Waals surface area (Å²) in [6.07, 6.45) is 0. The molecule has 1 fully saturated rings. The van der Waals surface area contributed by atoms with Crippen molar-refractivity contribution < 1.29 is 4.74 Å². The van der Waals surface area contributed by atoms with Crippen LogP contribution in [0.2, 0.25) is 0 Å². The third-order valence-electron chi connectivity index (χ3n) is 2.80. The van der Waals surface area contributed by atoms with E-state index >= 15 is 0 Å². The van der Waals surface area contributed by atoms with Crippen molar-refractivity contribution in [3.8, 4) is 0 Å². The van der Waals surface area contributed by atoms with E-state index in [1.807, 2.05) is 0 Å². The summed E-state index contributed by atoms with van der Waals surface area (Å²) >= 11 is 3.47. The lowest BCUT2D eigenvalue weighted by Gasteiger charge is -2.30. The van der Waals surface area contributed by atoms with Crippen LogP contribution in [0.1, 0.15) is 5.56 Å². The number of allylic oxidation sites excluding steroid dienone is 1. The summed E-state index contributed by atoms with van der Waals surface area (Å²) in [5.74, 6) is 0. The Balaban J connectivity index is 2.28. The number of para-hydroxylation sites is 1. The number of ether oxygens (including phenoxy) is 1. The minimum Gasteiger partial charge on any atom is -0.378 e. The van der Waals surface area contributed by atoms with Gasteiger partial charge < -0.3 is 9.64 Å². The molecule has 3 heteroatoms. The van der Waals surface area contributed by atoms with Crippen LogP contribution in [0.5, 0.6) is 0 Å². The van der Waals surface area contributed by atoms with E-state index in [1.54, 1.807) is 0 Å². The highest BCUT2D eigenvalue weighted by atomic mass is 79.9. The van der Waals surface area contributed by atoms with E-state index in [2.05, 4.69) is 51.7 Å². The van der Waals surface area contributed by atoms with Crippen molar-refractivity contribution in [2.75, 3.05) is 36.5 Å². The van der Waals surface area contributed by atoms with Gasteiger partial charge in [0.25, 0.3) is 0 Å². The maximum absolute atomic E-state index is 5.37. The van der Waals surface area contributed by atoms with Crippen LogP contribution in [-0.2, 0) is 4.74 Å². The predicted octanol–water partition coefficient (Wildman–Crippen LogP) is 2.93. The molecular formula is C13H16BrNO. The van der Waals surface area contributed by atoms with E-state index in [-0.39, 0.29) is 0 Å². The largest absolute Gasteiger partial charge is 0.378 e. The van der Waals surface area contributed by atoms with Crippen molar-refractivity contribution in [1.29, 1.82) is 0 Å². The third-order valence-corrected chi connectivity index (χ3v) is 3.47. The number of hydrogen-bond donors (Lipinski definition) is 0. The first-order valence-electron chi connectivity index (χ1n) is 5.49. The fourth-order valence-corrected chi connectivity index (χ4v) is 2.23. The molecule has 16 heavy (non-hydrogen) atoms. The van der Waals surface area contributed by atoms with E-state index in [1.165, 1.54) is 11.3 Å². The van der Waals surface area contributed by atoms with E-state index in [0.717, 1.165) is 37.2 Å². The Labute approximate surface area is 105 Å². The van der Waals surface area contributed by atoms with E-state index in [0.29, 0.717) is 0 Å². The van der Waals surface area contributed by atoms with Crippen molar-refractivity contribution in [1.82, 2.24) is 0 Å². The maximum atomic E-state index is 5.37. The minimum absolute atomic E-state index is 0.814. The normalized spacial score (nSPS) is 16.2. The molecule has 0 saturated carbocycles. The van der Waals surface area contributed by atoms with Gasteiger partial charge in [-0.2, -0.15) is 0 Å². The quantitative estimate of drug-likeness (QED) is 0.790. The summed E-state index contributed by atoms with van der Waals surface area (Å²) < 4.78 is 5.37. The van der Waals surface area contributed by atoms with E-state index in [4.69, 9.17) is 4.74 Å². The van der Waals surface area contributed by atoms with Crippen molar-refractivity contribution in [2.45, 2.75) is 0 Å². The molecule has 2 nitrogen and oxygen atoms in total. The molecule has 0 aliphatic carbocycles. The highest BCUT2D eigenvalue weighted by molar-refractivity contribution is 9.09. The molecule has 0 spiro atoms. The van der Waals surface area contributed by atoms with Crippen LogP contribution in [0.25, 0.3) is 5.57 Å². The van der Waals surface area contributed by atoms with Crippen LogP contribution in [0, 0.1) is 0 Å². The lowest BCUT2D eigenvalue weighted by molar-refractivity contribution is 0.122. The summed E-state index contributed by atoms with van der Waals surface area (Å²) in [5.41, 5.74) is 3.64. The molecule has 86 valence electrons. The summed E-state index contributed by atoms with van der Waals surface area (Å²) in [7, 11) is 0. The van der Waals surface area contributed by atoms with Gasteiger partial charge in [-0.25, -0.2) is 0 Å². The van der Waals surface area contributed by atoms with Crippen molar-refractivity contribution >= 4 is 27.2 Å². The number of halogens is 1. The molecule has 1 aromatic carbocycles. The number of rotatable bonds is 3. The Morgan fingerprint density at radius 2 is 2.00 bits per heavy atom. The number of morpholine rings is 1. The van der Waals surface area contributed by atoms with Gasteiger partial charge in [-0.05, 0) is 11.6 Å². The molecule has 1 aromatic rings. The summed E-state index contributed by atoms with van der Waals surface area (Å²) in [6, 6.07) is 8.44. The number of hydrogen-bond acceptors (Lipinski definition) is 2. The highest BCUT2D eigenvalue weighted by Gasteiger charge is 2.14. The van der Waals surface area contributed by atoms with Gasteiger partial charge in [0.15, 0.2) is 0 Å². The van der Waals surface area contributed by atoms with E-state index < -0.39 is 0 Å². The highest BCUT2D eigenvalue weighted by Crippen LogP contribution is 2.27. The zero-order valence-electron chi connectivity index (χ0n) is 9.29. The zero-order valence-corrected chi connectivity index (χ0v) is 10.9. The standard InChI is InChI=1S/C13H16BrNO/c1-11(10-14)12-4-2-3-5-13(12)15-6-8-16-9-7-15/h2-5H,1,6-10H2. The average molecular weight is 282 g/mol. The fourth-order valence-electron chi connectivity index (χ4n) is 1.92. The van der Waals surface area contributed by atoms with Gasteiger partial charge in [0, 0.05) is 29.7 Å². The molecule has 0 amide bonds. The lowest BCUT2D eigenvalue weighted by Crippen LogP contribution is -2.36. The Morgan fingerprint density at radius 1 is 1.31 bits per heavy atom. The van der Waals surface area contributed by atoms with Crippen molar-refractivity contribution in [3.63, 3.8) is 0 Å². The fraction of sp³-hybridized carbons (Fsp3) is 0.385. The molecule has 2 rings (SSSR count). The molecule has 1 aliphatic heterocycles. The van der Waals surface area contributed by atoms with Crippen LogP contribution < -0.4 is 4.90 Å². The summed E-state index contributed by atoms with van der Waals surface area (Å²) in [4.78, 5) is 2.37. The molecular weight excluding hydrogens is 266 g/mol. The smallest absolute Gasteiger partial charge is 0.0642 e. The Kier molecular flexibility index (Phi) is 4.02. The molecule has 1 saturated heterocycles. The van der Waals surface area contributed by atoms with Crippen LogP contribution in [0.4, 0.5) is 5.69 Å². The first kappa shape index (κ1) is 11.7. The molecule has 1 heterocycles. The topological polar surface area (TPSA) is 12.5 Å². The van der Waals surface area contributed by atoms with Crippen molar-refractivity contribution in [3.05, 3.63) is 36.4 Å². The zero-order chi connectivity index (χ0) is 11.4. The minimum atomic E-state index is 0.814. The van der Waals surface area contributed by atoms with Gasteiger partial charge in [0.2, 0.25) is 0 Å². The molecule has 0 unspecified atom stereocenters. The second-order valence-electron chi connectivity index (χ2n) is 3.85. The Morgan fingerprint density at radius 3 is 2.69 bits per heavy atom. The second-order valence-corrected chi connectivity index (χ2v) is 4.41. The molecule has 0 radical (unpaired) electrons. The van der Waals surface area contributed by atoms with Gasteiger partial charge in [0.05, 0.1) is 13.2 Å². The Hall–Kier alpha value is -0.800. The van der Waals surface area contributed by atoms with Gasteiger partial charge in [-0.15, -0.1) is 0 Å². The molecule has 0 atom stereocenters. The Bertz CT molecular complexity index is 372. The molecule has 1 aliphatic rings. The van der Waals surface area contributed by atoms with Crippen LogP contribution in [-0.4, -0.2) is 31.6 Å². The number of benzene rings is 1. The van der Waals surface area contributed by atoms with Gasteiger partial charge >= 0.3 is 0 Å². The first-order valence-corrected chi connectivity index (χ1v) is 6.61. The van der Waals surface area contributed by atoms with Gasteiger partial charge in [0.1, 0.15) is 0 Å². The van der Waals surface area contributed by atoms with Crippen LogP contribution in [0.3, 0.4) is 0 Å². The third kappa shape index (κ3) is 2.47. The second kappa shape index (κ2) is 5.51. The summed E-state index contributed by atoms with van der Waals surface area (Å²) in [5, 5.41) is 0.814. The first-order chi connectivity index (χ1) is 7.83. The number of alkyl halides is 1. The summed E-state index contributed by atoms with van der Waals surface area (Å²) in [6.45, 7) is 7.65. The number of nitrogens with zero attached hydrogens (tertiary/aromatic N) is 1. The molecule has 0 aromatic heterocycles.